The maximum atomic E-state index is 13.4. The number of halogens is 1. The Labute approximate surface area is 189 Å². The Morgan fingerprint density at radius 2 is 1.91 bits per heavy atom. The maximum Gasteiger partial charge on any atom is 0.296 e. The summed E-state index contributed by atoms with van der Waals surface area (Å²) in [5, 5.41) is 11.2. The Balaban J connectivity index is 1.61. The van der Waals surface area contributed by atoms with Crippen LogP contribution in [0.15, 0.2) is 64.6 Å². The number of carbonyl (C=O) groups is 2. The summed E-state index contributed by atoms with van der Waals surface area (Å²) in [6, 6.07) is 13.5. The molecular weight excluding hydrogens is 425 g/mol. The Morgan fingerprint density at radius 1 is 1.12 bits per heavy atom. The van der Waals surface area contributed by atoms with Crippen LogP contribution < -0.4 is 4.74 Å². The zero-order valence-electron chi connectivity index (χ0n) is 18.0. The van der Waals surface area contributed by atoms with Gasteiger partial charge in [0.1, 0.15) is 34.9 Å². The number of nitrogens with zero attached hydrogens (tertiary/aromatic N) is 1. The average molecular weight is 447 g/mol. The summed E-state index contributed by atoms with van der Waals surface area (Å²) in [7, 11) is 0. The fraction of sp³-hybridized carbons (Fsp3) is 0.231. The van der Waals surface area contributed by atoms with Crippen molar-refractivity contribution in [3.05, 3.63) is 94.2 Å². The molecule has 5 rings (SSSR count). The number of fused-ring (bicyclic) bond motifs is 1. The largest absolute Gasteiger partial charge is 0.507 e. The van der Waals surface area contributed by atoms with E-state index in [0.717, 1.165) is 24.2 Å². The van der Waals surface area contributed by atoms with Gasteiger partial charge >= 0.3 is 0 Å². The van der Waals surface area contributed by atoms with E-state index >= 15 is 0 Å². The van der Waals surface area contributed by atoms with Crippen LogP contribution in [0, 0.1) is 12.7 Å². The van der Waals surface area contributed by atoms with E-state index in [0.29, 0.717) is 29.3 Å². The smallest absolute Gasteiger partial charge is 0.296 e. The van der Waals surface area contributed by atoms with Crippen LogP contribution in [0.1, 0.15) is 40.7 Å². The van der Waals surface area contributed by atoms with Crippen LogP contribution in [0.4, 0.5) is 4.39 Å². The van der Waals surface area contributed by atoms with E-state index in [4.69, 9.17) is 9.15 Å². The summed E-state index contributed by atoms with van der Waals surface area (Å²) in [6.45, 7) is 2.47. The molecule has 168 valence electrons. The van der Waals surface area contributed by atoms with Gasteiger partial charge in [-0.1, -0.05) is 12.1 Å². The molecule has 2 aliphatic rings. The number of rotatable bonds is 4. The normalized spacial score (nSPS) is 19.5. The molecular formula is C26H22FNO5. The van der Waals surface area contributed by atoms with Gasteiger partial charge in [0, 0.05) is 12.1 Å². The van der Waals surface area contributed by atoms with Gasteiger partial charge in [0.25, 0.3) is 11.7 Å². The fourth-order valence-corrected chi connectivity index (χ4v) is 4.39. The molecule has 3 aromatic rings. The second-order valence-electron chi connectivity index (χ2n) is 8.28. The molecule has 6 nitrogen and oxygen atoms in total. The van der Waals surface area contributed by atoms with Gasteiger partial charge < -0.3 is 19.2 Å². The number of aliphatic hydroxyl groups excluding tert-OH is 1. The number of hydrogen-bond donors (Lipinski definition) is 1. The van der Waals surface area contributed by atoms with Crippen molar-refractivity contribution >= 4 is 17.4 Å². The van der Waals surface area contributed by atoms with Crippen LogP contribution in [0.3, 0.4) is 0 Å². The second kappa shape index (κ2) is 8.24. The van der Waals surface area contributed by atoms with E-state index in [-0.39, 0.29) is 17.9 Å². The number of Topliss-reactive ketones (excluding diaryl/α,β-unsaturated/α-hetero) is 1. The summed E-state index contributed by atoms with van der Waals surface area (Å²) >= 11 is 0. The van der Waals surface area contributed by atoms with Crippen molar-refractivity contribution in [2.75, 3.05) is 6.61 Å². The van der Waals surface area contributed by atoms with Gasteiger partial charge in [-0.2, -0.15) is 0 Å². The molecule has 2 aromatic carbocycles. The predicted molar refractivity (Wildman–Crippen MR) is 118 cm³/mol. The van der Waals surface area contributed by atoms with Crippen LogP contribution in [-0.2, 0) is 22.6 Å². The van der Waals surface area contributed by atoms with Gasteiger partial charge in [-0.3, -0.25) is 9.59 Å². The number of likely N-dealkylation sites (tertiary alicyclic amines) is 1. The lowest BCUT2D eigenvalue weighted by molar-refractivity contribution is -0.140. The highest BCUT2D eigenvalue weighted by molar-refractivity contribution is 6.46. The summed E-state index contributed by atoms with van der Waals surface area (Å²) in [5.74, 6) is -0.450. The first kappa shape index (κ1) is 21.0. The first-order valence-electron chi connectivity index (χ1n) is 10.8. The first-order chi connectivity index (χ1) is 15.9. The third-order valence-corrected chi connectivity index (χ3v) is 6.02. The predicted octanol–water partition coefficient (Wildman–Crippen LogP) is 4.67. The van der Waals surface area contributed by atoms with Crippen molar-refractivity contribution < 1.29 is 28.2 Å². The molecule has 0 saturated carbocycles. The van der Waals surface area contributed by atoms with Crippen molar-refractivity contribution in [3.63, 3.8) is 0 Å². The van der Waals surface area contributed by atoms with Crippen molar-refractivity contribution in [3.8, 4) is 5.75 Å². The van der Waals surface area contributed by atoms with Crippen LogP contribution >= 0.6 is 0 Å². The van der Waals surface area contributed by atoms with Gasteiger partial charge in [0.15, 0.2) is 0 Å². The van der Waals surface area contributed by atoms with Crippen LogP contribution in [0.25, 0.3) is 5.76 Å². The van der Waals surface area contributed by atoms with E-state index in [9.17, 15) is 19.1 Å². The number of ether oxygens (including phenoxy) is 1. The topological polar surface area (TPSA) is 80.0 Å². The number of carbonyl (C=O) groups excluding carboxylic acids is 2. The zero-order valence-corrected chi connectivity index (χ0v) is 18.0. The Morgan fingerprint density at radius 3 is 2.64 bits per heavy atom. The van der Waals surface area contributed by atoms with Crippen molar-refractivity contribution in [1.82, 2.24) is 4.90 Å². The molecule has 1 fully saturated rings. The molecule has 7 heteroatoms. The first-order valence-corrected chi connectivity index (χ1v) is 10.8. The van der Waals surface area contributed by atoms with Gasteiger partial charge in [0.2, 0.25) is 0 Å². The van der Waals surface area contributed by atoms with Crippen LogP contribution in [-0.4, -0.2) is 28.3 Å². The van der Waals surface area contributed by atoms with Crippen molar-refractivity contribution in [2.24, 2.45) is 0 Å². The quantitative estimate of drug-likeness (QED) is 0.357. The Bertz CT molecular complexity index is 1270. The molecule has 1 atom stereocenters. The zero-order chi connectivity index (χ0) is 23.1. The van der Waals surface area contributed by atoms with Crippen LogP contribution in [0.2, 0.25) is 0 Å². The highest BCUT2D eigenvalue weighted by Crippen LogP contribution is 2.41. The lowest BCUT2D eigenvalue weighted by Gasteiger charge is -2.23. The number of hydrogen-bond acceptors (Lipinski definition) is 5. The summed E-state index contributed by atoms with van der Waals surface area (Å²) in [6.07, 6.45) is 1.67. The number of ketones is 1. The molecule has 33 heavy (non-hydrogen) atoms. The number of benzene rings is 2. The summed E-state index contributed by atoms with van der Waals surface area (Å²) in [5.41, 5.74) is 1.99. The van der Waals surface area contributed by atoms with Gasteiger partial charge in [-0.25, -0.2) is 4.39 Å². The molecule has 1 aromatic heterocycles. The number of aliphatic hydroxyl groups is 1. The molecule has 0 bridgehead atoms. The Kier molecular flexibility index (Phi) is 5.24. The lowest BCUT2D eigenvalue weighted by Crippen LogP contribution is -2.29. The molecule has 1 unspecified atom stereocenters. The lowest BCUT2D eigenvalue weighted by atomic mass is 9.96. The minimum Gasteiger partial charge on any atom is -0.507 e. The molecule has 1 N–H and O–H groups in total. The van der Waals surface area contributed by atoms with Gasteiger partial charge in [0.05, 0.1) is 12.2 Å². The molecule has 1 saturated heterocycles. The molecule has 2 aliphatic heterocycles. The minimum atomic E-state index is -0.906. The highest BCUT2D eigenvalue weighted by Gasteiger charge is 2.47. The van der Waals surface area contributed by atoms with Crippen molar-refractivity contribution in [1.29, 1.82) is 0 Å². The van der Waals surface area contributed by atoms with E-state index in [1.807, 2.05) is 0 Å². The SMILES string of the molecule is Cc1ccc(C2/C(=C(/O)c3ccc4c(c3)CCCO4)C(=O)C(=O)N2Cc2ccc(F)cc2)o1. The highest BCUT2D eigenvalue weighted by atomic mass is 19.1. The van der Waals surface area contributed by atoms with E-state index in [1.165, 1.54) is 17.0 Å². The maximum absolute atomic E-state index is 13.4. The van der Waals surface area contributed by atoms with Crippen LogP contribution in [0.5, 0.6) is 5.75 Å². The second-order valence-corrected chi connectivity index (χ2v) is 8.28. The fourth-order valence-electron chi connectivity index (χ4n) is 4.39. The van der Waals surface area contributed by atoms with E-state index in [2.05, 4.69) is 0 Å². The van der Waals surface area contributed by atoms with Gasteiger partial charge in [-0.15, -0.1) is 0 Å². The standard InChI is InChI=1S/C26H22FNO5/c1-15-4-10-21(33-15)23-22(24(29)18-7-11-20-17(13-18)3-2-12-32-20)25(30)26(31)28(23)14-16-5-8-19(27)9-6-16/h4-11,13,23,29H,2-3,12,14H2,1H3/b24-22-. The molecule has 0 spiro atoms. The monoisotopic (exact) mass is 447 g/mol. The summed E-state index contributed by atoms with van der Waals surface area (Å²) in [4.78, 5) is 27.5. The molecule has 0 radical (unpaired) electrons. The molecule has 3 heterocycles. The Hall–Kier alpha value is -3.87. The number of amides is 1. The average Bonchev–Trinajstić information content (AvgIpc) is 3.36. The molecule has 1 amide bonds. The minimum absolute atomic E-state index is 0.0341. The summed E-state index contributed by atoms with van der Waals surface area (Å²) < 4.78 is 24.8. The third kappa shape index (κ3) is 3.80. The third-order valence-electron chi connectivity index (χ3n) is 6.02. The number of aryl methyl sites for hydroxylation is 2. The van der Waals surface area contributed by atoms with Crippen molar-refractivity contribution in [2.45, 2.75) is 32.4 Å². The van der Waals surface area contributed by atoms with E-state index in [1.54, 1.807) is 49.4 Å². The van der Waals surface area contributed by atoms with E-state index < -0.39 is 23.5 Å². The number of furan rings is 1. The molecule has 0 aliphatic carbocycles. The van der Waals surface area contributed by atoms with Gasteiger partial charge in [-0.05, 0) is 73.4 Å².